The summed E-state index contributed by atoms with van der Waals surface area (Å²) in [7, 11) is 0. The van der Waals surface area contributed by atoms with Crippen LogP contribution >= 0.6 is 0 Å². The summed E-state index contributed by atoms with van der Waals surface area (Å²) >= 11 is 0. The number of ether oxygens (including phenoxy) is 1. The number of allylic oxidation sites excluding steroid dienone is 12. The van der Waals surface area contributed by atoms with Gasteiger partial charge in [-0.2, -0.15) is 0 Å². The Kier molecular flexibility index (Phi) is 18.3. The minimum absolute atomic E-state index is 0.0842. The van der Waals surface area contributed by atoms with Crippen LogP contribution in [0.4, 0.5) is 10.2 Å². The quantitative estimate of drug-likeness (QED) is 0.159. The first-order valence-electron chi connectivity index (χ1n) is 12.9. The number of anilines is 1. The topological polar surface area (TPSA) is 64.6 Å². The van der Waals surface area contributed by atoms with E-state index in [1.54, 1.807) is 6.92 Å². The number of carbonyl (C=O) groups is 2. The summed E-state index contributed by atoms with van der Waals surface area (Å²) in [4.78, 5) is 27.8. The van der Waals surface area contributed by atoms with E-state index in [0.29, 0.717) is 12.1 Å². The van der Waals surface area contributed by atoms with E-state index in [9.17, 15) is 14.1 Å². The number of benzene rings is 1. The van der Waals surface area contributed by atoms with Crippen molar-refractivity contribution in [3.63, 3.8) is 0 Å². The first-order chi connectivity index (χ1) is 18.1. The molecule has 0 saturated heterocycles. The lowest BCUT2D eigenvalue weighted by molar-refractivity contribution is -0.116. The molecule has 0 unspecified atom stereocenters. The fourth-order valence-corrected chi connectivity index (χ4v) is 3.12. The van der Waals surface area contributed by atoms with E-state index in [0.717, 1.165) is 38.5 Å². The highest BCUT2D eigenvalue weighted by Gasteiger charge is 2.16. The number of hydrogen-bond acceptors (Lipinski definition) is 4. The van der Waals surface area contributed by atoms with Crippen molar-refractivity contribution in [3.05, 3.63) is 96.7 Å². The molecule has 0 aromatic heterocycles. The molecule has 0 saturated carbocycles. The third kappa shape index (κ3) is 15.8. The molecule has 1 aromatic rings. The molecule has 0 aliphatic rings. The molecule has 0 fully saturated rings. The number of amides is 1. The van der Waals surface area contributed by atoms with Crippen LogP contribution in [0.25, 0.3) is 0 Å². The van der Waals surface area contributed by atoms with Crippen molar-refractivity contribution in [2.75, 3.05) is 11.9 Å². The Morgan fingerprint density at radius 3 is 1.78 bits per heavy atom. The van der Waals surface area contributed by atoms with Crippen LogP contribution in [-0.2, 0) is 9.53 Å². The van der Waals surface area contributed by atoms with Crippen LogP contribution in [0.3, 0.4) is 0 Å². The van der Waals surface area contributed by atoms with E-state index in [2.05, 4.69) is 77.9 Å². The molecular formula is C31H40FNO4. The fraction of sp³-hybridized carbons (Fsp3) is 0.355. The average molecular weight is 510 g/mol. The molecule has 1 aromatic carbocycles. The first-order valence-corrected chi connectivity index (χ1v) is 12.9. The predicted octanol–water partition coefficient (Wildman–Crippen LogP) is 8.54. The Bertz CT molecular complexity index is 973. The first kappa shape index (κ1) is 31.4. The van der Waals surface area contributed by atoms with Crippen molar-refractivity contribution in [2.24, 2.45) is 0 Å². The zero-order valence-corrected chi connectivity index (χ0v) is 22.0. The van der Waals surface area contributed by atoms with Gasteiger partial charge < -0.3 is 10.1 Å². The zero-order chi connectivity index (χ0) is 27.0. The second-order valence-corrected chi connectivity index (χ2v) is 8.01. The molecular weight excluding hydrogens is 469 g/mol. The summed E-state index contributed by atoms with van der Waals surface area (Å²) in [6, 6.07) is 4.07. The normalized spacial score (nSPS) is 12.2. The molecule has 5 nitrogen and oxygen atoms in total. The third-order valence-electron chi connectivity index (χ3n) is 4.98. The SMILES string of the molecule is CC/C=C\C/C=C\C/C=C\C/C=C\C/C=C\C/C=C\CCC(=O)Nc1ccc(OF)c(C(=O)OCC)c1. The maximum Gasteiger partial charge on any atom is 0.342 e. The molecule has 1 rings (SSSR count). The standard InChI is InChI=1S/C31H40FNO4/c1-3-5-6-7-8-9-10-11-12-13-14-15-16-17-18-19-20-21-22-23-30(34)33-27-24-25-29(37-32)28(26-27)31(35)36-4-2/h5-6,8-9,11-12,14-15,17-18,20-21,24-26H,3-4,7,10,13,16,19,22-23H2,1-2H3,(H,33,34)/b6-5-,9-8-,12-11-,15-14-,18-17-,21-20-. The lowest BCUT2D eigenvalue weighted by Crippen LogP contribution is -2.12. The van der Waals surface area contributed by atoms with Crippen LogP contribution in [0.1, 0.15) is 75.6 Å². The van der Waals surface area contributed by atoms with Gasteiger partial charge in [0.2, 0.25) is 5.91 Å². The van der Waals surface area contributed by atoms with E-state index >= 15 is 0 Å². The molecule has 37 heavy (non-hydrogen) atoms. The van der Waals surface area contributed by atoms with Gasteiger partial charge in [0.05, 0.1) is 6.61 Å². The van der Waals surface area contributed by atoms with Gasteiger partial charge >= 0.3 is 5.97 Å². The number of carbonyl (C=O) groups excluding carboxylic acids is 2. The zero-order valence-electron chi connectivity index (χ0n) is 22.0. The van der Waals surface area contributed by atoms with Gasteiger partial charge in [-0.15, -0.1) is 0 Å². The second kappa shape index (κ2) is 21.6. The molecule has 0 bridgehead atoms. The predicted molar refractivity (Wildman–Crippen MR) is 150 cm³/mol. The molecule has 200 valence electrons. The molecule has 0 aliphatic heterocycles. The van der Waals surface area contributed by atoms with Crippen LogP contribution in [0, 0.1) is 0 Å². The Balaban J connectivity index is 2.20. The lowest BCUT2D eigenvalue weighted by atomic mass is 10.1. The van der Waals surface area contributed by atoms with Gasteiger partial charge in [0.1, 0.15) is 5.56 Å². The van der Waals surface area contributed by atoms with E-state index in [4.69, 9.17) is 4.74 Å². The Labute approximate surface area is 221 Å². The molecule has 0 spiro atoms. The summed E-state index contributed by atoms with van der Waals surface area (Å²) < 4.78 is 17.5. The summed E-state index contributed by atoms with van der Waals surface area (Å²) in [5.41, 5.74) is 0.288. The highest BCUT2D eigenvalue weighted by atomic mass is 19.3. The average Bonchev–Trinajstić information content (AvgIpc) is 2.90. The van der Waals surface area contributed by atoms with E-state index in [-0.39, 0.29) is 30.2 Å². The van der Waals surface area contributed by atoms with E-state index in [1.807, 2.05) is 12.2 Å². The van der Waals surface area contributed by atoms with Crippen LogP contribution in [0.5, 0.6) is 5.75 Å². The third-order valence-corrected chi connectivity index (χ3v) is 4.98. The summed E-state index contributed by atoms with van der Waals surface area (Å²) in [6.45, 7) is 3.93. The fourth-order valence-electron chi connectivity index (χ4n) is 3.12. The second-order valence-electron chi connectivity index (χ2n) is 8.01. The lowest BCUT2D eigenvalue weighted by Gasteiger charge is -2.09. The van der Waals surface area contributed by atoms with Gasteiger partial charge in [0.15, 0.2) is 5.75 Å². The van der Waals surface area contributed by atoms with Gasteiger partial charge in [-0.05, 0) is 70.1 Å². The summed E-state index contributed by atoms with van der Waals surface area (Å²) in [5, 5.41) is 2.70. The van der Waals surface area contributed by atoms with Crippen molar-refractivity contribution >= 4 is 17.6 Å². The highest BCUT2D eigenvalue weighted by molar-refractivity contribution is 5.96. The monoisotopic (exact) mass is 509 g/mol. The summed E-state index contributed by atoms with van der Waals surface area (Å²) in [5.74, 6) is -1.18. The number of rotatable bonds is 18. The van der Waals surface area contributed by atoms with Gasteiger partial charge in [0.25, 0.3) is 0 Å². The Morgan fingerprint density at radius 2 is 1.30 bits per heavy atom. The van der Waals surface area contributed by atoms with Gasteiger partial charge in [-0.3, -0.25) is 9.74 Å². The van der Waals surface area contributed by atoms with Crippen LogP contribution in [-0.4, -0.2) is 18.5 Å². The number of nitrogens with one attached hydrogen (secondary N) is 1. The van der Waals surface area contributed by atoms with Crippen LogP contribution in [0.15, 0.2) is 91.1 Å². The van der Waals surface area contributed by atoms with Crippen molar-refractivity contribution in [3.8, 4) is 5.75 Å². The van der Waals surface area contributed by atoms with Crippen molar-refractivity contribution in [2.45, 2.75) is 65.2 Å². The van der Waals surface area contributed by atoms with E-state index in [1.165, 1.54) is 18.2 Å². The molecule has 0 heterocycles. The number of esters is 1. The number of halogens is 1. The molecule has 1 amide bonds. The van der Waals surface area contributed by atoms with Crippen molar-refractivity contribution in [1.82, 2.24) is 0 Å². The molecule has 0 aliphatic carbocycles. The van der Waals surface area contributed by atoms with Crippen molar-refractivity contribution < 1.29 is 23.8 Å². The van der Waals surface area contributed by atoms with Gasteiger partial charge in [-0.1, -0.05) is 79.8 Å². The van der Waals surface area contributed by atoms with Gasteiger partial charge in [-0.25, -0.2) is 4.79 Å². The minimum atomic E-state index is -0.718. The van der Waals surface area contributed by atoms with E-state index < -0.39 is 5.97 Å². The Morgan fingerprint density at radius 1 is 0.784 bits per heavy atom. The molecule has 0 radical (unpaired) electrons. The largest absolute Gasteiger partial charge is 0.462 e. The number of hydrogen-bond donors (Lipinski definition) is 1. The van der Waals surface area contributed by atoms with Crippen LogP contribution in [0.2, 0.25) is 0 Å². The van der Waals surface area contributed by atoms with Crippen LogP contribution < -0.4 is 10.3 Å². The molecule has 6 heteroatoms. The van der Waals surface area contributed by atoms with Gasteiger partial charge in [0, 0.05) is 16.6 Å². The maximum absolute atomic E-state index is 12.6. The summed E-state index contributed by atoms with van der Waals surface area (Å²) in [6.07, 6.45) is 32.2. The molecule has 0 atom stereocenters. The molecule has 1 N–H and O–H groups in total. The maximum atomic E-state index is 12.6. The Hall–Kier alpha value is -3.67. The smallest absolute Gasteiger partial charge is 0.342 e. The minimum Gasteiger partial charge on any atom is -0.462 e. The highest BCUT2D eigenvalue weighted by Crippen LogP contribution is 2.24. The van der Waals surface area contributed by atoms with Crippen molar-refractivity contribution in [1.29, 1.82) is 0 Å².